The van der Waals surface area contributed by atoms with Crippen LogP contribution in [0.4, 0.5) is 4.39 Å². The maximum Gasteiger partial charge on any atom is 0.243 e. The molecule has 4 rings (SSSR count). The number of Topliss-reactive ketones (excluding diaryl/α,β-unsaturated/α-hetero) is 1. The quantitative estimate of drug-likeness (QED) is 0.485. The first kappa shape index (κ1) is 24.8. The third-order valence-electron chi connectivity index (χ3n) is 6.37. The average molecular weight is 501 g/mol. The standard InChI is InChI=1S/C25H26ClFN4O4/c1-15(33)23-18-8-3-4-9-30(18)20(29-23)10-21(34)31-13-25(2,14-32)11-19(31)24(35)28-12-16-6-5-7-17(26)22(16)27/h3-9,19,32H,10-14H2,1-2H3,(H,28,35)/t19-,25-/m0/s1. The summed E-state index contributed by atoms with van der Waals surface area (Å²) in [6, 6.07) is 8.99. The molecule has 2 atom stereocenters. The second kappa shape index (κ2) is 9.75. The fourth-order valence-electron chi connectivity index (χ4n) is 4.48. The van der Waals surface area contributed by atoms with Gasteiger partial charge in [0.25, 0.3) is 0 Å². The van der Waals surface area contributed by atoms with Gasteiger partial charge in [0.1, 0.15) is 23.4 Å². The number of halogens is 2. The highest BCUT2D eigenvalue weighted by Gasteiger charge is 2.45. The molecule has 0 aliphatic carbocycles. The number of nitrogens with zero attached hydrogens (tertiary/aromatic N) is 3. The summed E-state index contributed by atoms with van der Waals surface area (Å²) in [5.74, 6) is -1.25. The maximum atomic E-state index is 14.2. The van der Waals surface area contributed by atoms with Gasteiger partial charge in [-0.3, -0.25) is 14.4 Å². The molecule has 0 radical (unpaired) electrons. The molecule has 10 heteroatoms. The smallest absolute Gasteiger partial charge is 0.243 e. The number of amides is 2. The number of benzene rings is 1. The number of hydrogen-bond acceptors (Lipinski definition) is 5. The zero-order valence-corrected chi connectivity index (χ0v) is 20.2. The number of rotatable bonds is 7. The lowest BCUT2D eigenvalue weighted by molar-refractivity contribution is -0.138. The van der Waals surface area contributed by atoms with Gasteiger partial charge in [0.15, 0.2) is 5.78 Å². The molecule has 1 aromatic carbocycles. The Kier molecular flexibility index (Phi) is 6.91. The Morgan fingerprint density at radius 2 is 2.03 bits per heavy atom. The third-order valence-corrected chi connectivity index (χ3v) is 6.66. The minimum atomic E-state index is -0.847. The predicted molar refractivity (Wildman–Crippen MR) is 127 cm³/mol. The summed E-state index contributed by atoms with van der Waals surface area (Å²) in [5.41, 5.74) is 0.431. The minimum Gasteiger partial charge on any atom is -0.396 e. The van der Waals surface area contributed by atoms with Crippen molar-refractivity contribution < 1.29 is 23.9 Å². The topological polar surface area (TPSA) is 104 Å². The summed E-state index contributed by atoms with van der Waals surface area (Å²) in [6.45, 7) is 3.10. The first-order chi connectivity index (χ1) is 16.6. The number of nitrogens with one attached hydrogen (secondary N) is 1. The van der Waals surface area contributed by atoms with Crippen LogP contribution in [0.5, 0.6) is 0 Å². The molecule has 2 aromatic heterocycles. The first-order valence-electron chi connectivity index (χ1n) is 11.2. The van der Waals surface area contributed by atoms with E-state index in [2.05, 4.69) is 10.3 Å². The van der Waals surface area contributed by atoms with Gasteiger partial charge < -0.3 is 19.7 Å². The maximum absolute atomic E-state index is 14.2. The number of carbonyl (C=O) groups is 3. The van der Waals surface area contributed by atoms with Gasteiger partial charge in [-0.1, -0.05) is 36.7 Å². The lowest BCUT2D eigenvalue weighted by Gasteiger charge is -2.24. The highest BCUT2D eigenvalue weighted by atomic mass is 35.5. The SMILES string of the molecule is CC(=O)c1nc(CC(=O)N2C[C@@](C)(CO)C[C@H]2C(=O)NCc2cccc(Cl)c2F)n2ccccc12. The molecule has 184 valence electrons. The van der Waals surface area contributed by atoms with E-state index in [0.717, 1.165) is 0 Å². The summed E-state index contributed by atoms with van der Waals surface area (Å²) in [7, 11) is 0. The molecule has 35 heavy (non-hydrogen) atoms. The number of imidazole rings is 1. The number of pyridine rings is 1. The van der Waals surface area contributed by atoms with Crippen molar-refractivity contribution in [3.8, 4) is 0 Å². The van der Waals surface area contributed by atoms with Gasteiger partial charge in [-0.25, -0.2) is 9.37 Å². The number of aliphatic hydroxyl groups excluding tert-OH is 1. The number of fused-ring (bicyclic) bond motifs is 1. The summed E-state index contributed by atoms with van der Waals surface area (Å²) < 4.78 is 15.9. The summed E-state index contributed by atoms with van der Waals surface area (Å²) in [5, 5.41) is 12.6. The lowest BCUT2D eigenvalue weighted by Crippen LogP contribution is -2.46. The van der Waals surface area contributed by atoms with Gasteiger partial charge in [-0.2, -0.15) is 0 Å². The Morgan fingerprint density at radius 1 is 1.26 bits per heavy atom. The second-order valence-electron chi connectivity index (χ2n) is 9.21. The molecule has 0 bridgehead atoms. The van der Waals surface area contributed by atoms with Crippen molar-refractivity contribution in [1.82, 2.24) is 19.6 Å². The van der Waals surface area contributed by atoms with Crippen molar-refractivity contribution in [3.63, 3.8) is 0 Å². The van der Waals surface area contributed by atoms with Gasteiger partial charge in [-0.05, 0) is 24.6 Å². The largest absolute Gasteiger partial charge is 0.396 e. The van der Waals surface area contributed by atoms with Crippen molar-refractivity contribution in [2.75, 3.05) is 13.2 Å². The van der Waals surface area contributed by atoms with Crippen LogP contribution in [0.25, 0.3) is 5.52 Å². The van der Waals surface area contributed by atoms with E-state index < -0.39 is 23.2 Å². The van der Waals surface area contributed by atoms with Crippen LogP contribution in [0.3, 0.4) is 0 Å². The van der Waals surface area contributed by atoms with Crippen LogP contribution in [0.15, 0.2) is 42.6 Å². The zero-order chi connectivity index (χ0) is 25.3. The molecule has 3 heterocycles. The molecule has 2 N–H and O–H groups in total. The Morgan fingerprint density at radius 3 is 2.74 bits per heavy atom. The van der Waals surface area contributed by atoms with Crippen molar-refractivity contribution in [1.29, 1.82) is 0 Å². The predicted octanol–water partition coefficient (Wildman–Crippen LogP) is 2.79. The molecule has 3 aromatic rings. The van der Waals surface area contributed by atoms with Crippen molar-refractivity contribution in [2.45, 2.75) is 39.3 Å². The van der Waals surface area contributed by atoms with Crippen LogP contribution in [0, 0.1) is 11.2 Å². The van der Waals surface area contributed by atoms with Gasteiger partial charge >= 0.3 is 0 Å². The van der Waals surface area contributed by atoms with E-state index in [4.69, 9.17) is 11.6 Å². The van der Waals surface area contributed by atoms with E-state index >= 15 is 0 Å². The number of likely N-dealkylation sites (tertiary alicyclic amines) is 1. The molecule has 0 unspecified atom stereocenters. The molecule has 1 aliphatic heterocycles. The fraction of sp³-hybridized carbons (Fsp3) is 0.360. The molecule has 0 saturated carbocycles. The molecule has 2 amide bonds. The molecule has 1 saturated heterocycles. The van der Waals surface area contributed by atoms with Crippen LogP contribution < -0.4 is 5.32 Å². The molecule has 0 spiro atoms. The Hall–Kier alpha value is -3.30. The van der Waals surface area contributed by atoms with Crippen molar-refractivity contribution >= 4 is 34.7 Å². The minimum absolute atomic E-state index is 0.0425. The van der Waals surface area contributed by atoms with E-state index in [1.807, 2.05) is 0 Å². The second-order valence-corrected chi connectivity index (χ2v) is 9.61. The summed E-state index contributed by atoms with van der Waals surface area (Å²) >= 11 is 5.82. The van der Waals surface area contributed by atoms with Crippen LogP contribution in [0.2, 0.25) is 5.02 Å². The van der Waals surface area contributed by atoms with E-state index in [0.29, 0.717) is 11.3 Å². The number of aliphatic hydroxyl groups is 1. The monoisotopic (exact) mass is 500 g/mol. The van der Waals surface area contributed by atoms with Gasteiger partial charge in [0.2, 0.25) is 11.8 Å². The third kappa shape index (κ3) is 4.92. The highest BCUT2D eigenvalue weighted by Crippen LogP contribution is 2.35. The van der Waals surface area contributed by atoms with Crippen molar-refractivity contribution in [3.05, 3.63) is 70.5 Å². The Balaban J connectivity index is 1.55. The van der Waals surface area contributed by atoms with Gasteiger partial charge in [-0.15, -0.1) is 0 Å². The molecule has 1 fully saturated rings. The van der Waals surface area contributed by atoms with Gasteiger partial charge in [0, 0.05) is 37.2 Å². The molecular formula is C25H26ClFN4O4. The summed E-state index contributed by atoms with van der Waals surface area (Å²) in [6.07, 6.45) is 1.84. The normalized spacial score (nSPS) is 19.8. The summed E-state index contributed by atoms with van der Waals surface area (Å²) in [4.78, 5) is 44.3. The molecular weight excluding hydrogens is 475 g/mol. The molecule has 8 nitrogen and oxygen atoms in total. The van der Waals surface area contributed by atoms with Crippen LogP contribution in [-0.4, -0.2) is 56.2 Å². The highest BCUT2D eigenvalue weighted by molar-refractivity contribution is 6.30. The Labute approximate surface area is 206 Å². The zero-order valence-electron chi connectivity index (χ0n) is 19.4. The van der Waals surface area contributed by atoms with Crippen LogP contribution in [-0.2, 0) is 22.6 Å². The van der Waals surface area contributed by atoms with E-state index in [9.17, 15) is 23.9 Å². The number of carbonyl (C=O) groups excluding carboxylic acids is 3. The van der Waals surface area contributed by atoms with Crippen molar-refractivity contribution in [2.24, 2.45) is 5.41 Å². The van der Waals surface area contributed by atoms with E-state index in [1.165, 1.54) is 24.0 Å². The number of hydrogen-bond donors (Lipinski definition) is 2. The van der Waals surface area contributed by atoms with E-state index in [-0.39, 0.29) is 60.5 Å². The van der Waals surface area contributed by atoms with Gasteiger partial charge in [0.05, 0.1) is 23.6 Å². The first-order valence-corrected chi connectivity index (χ1v) is 11.6. The van der Waals surface area contributed by atoms with E-state index in [1.54, 1.807) is 41.8 Å². The average Bonchev–Trinajstić information content (AvgIpc) is 3.39. The van der Waals surface area contributed by atoms with Crippen LogP contribution >= 0.6 is 11.6 Å². The lowest BCUT2D eigenvalue weighted by atomic mass is 9.89. The Bertz CT molecular complexity index is 1310. The number of aromatic nitrogens is 2. The van der Waals surface area contributed by atoms with Crippen LogP contribution in [0.1, 0.15) is 42.1 Å². The molecule has 1 aliphatic rings. The fourth-order valence-corrected chi connectivity index (χ4v) is 4.67. The number of ketones is 1.